The van der Waals surface area contributed by atoms with Crippen LogP contribution < -0.4 is 5.32 Å². The Morgan fingerprint density at radius 1 is 1.00 bits per heavy atom. The summed E-state index contributed by atoms with van der Waals surface area (Å²) in [5, 5.41) is 20.2. The minimum atomic E-state index is -1.31. The average molecular weight is 518 g/mol. The van der Waals surface area contributed by atoms with Gasteiger partial charge in [-0.1, -0.05) is 19.4 Å². The van der Waals surface area contributed by atoms with E-state index >= 15 is 0 Å². The molecule has 3 N–H and O–H groups in total. The van der Waals surface area contributed by atoms with Gasteiger partial charge in [-0.25, -0.2) is 4.79 Å². The van der Waals surface area contributed by atoms with Crippen molar-refractivity contribution >= 4 is 29.6 Å². The van der Waals surface area contributed by atoms with Crippen molar-refractivity contribution < 1.29 is 38.9 Å². The number of amides is 1. The van der Waals surface area contributed by atoms with Crippen LogP contribution in [0.5, 0.6) is 0 Å². The third kappa shape index (κ3) is 5.46. The number of nitrogens with one attached hydrogen (secondary N) is 1. The molecule has 9 nitrogen and oxygen atoms in total. The van der Waals surface area contributed by atoms with Crippen molar-refractivity contribution in [3.8, 4) is 0 Å². The first-order chi connectivity index (χ1) is 17.4. The van der Waals surface area contributed by atoms with E-state index in [1.54, 1.807) is 0 Å². The number of ether oxygens (including phenoxy) is 1. The SMILES string of the molecule is C[C@]12CC[C@H]3[C@H](CCC4=CC(=O)CC[C@@]43C)[C@@H]1CC[C@@H]2OC(=O)CCC(=O)N[C@@H](CCC(=O)O)C(=O)O. The van der Waals surface area contributed by atoms with E-state index in [4.69, 9.17) is 9.84 Å². The molecule has 0 heterocycles. The predicted octanol–water partition coefficient (Wildman–Crippen LogP) is 3.64. The van der Waals surface area contributed by atoms with Crippen LogP contribution in [-0.4, -0.2) is 52.0 Å². The Kier molecular flexibility index (Phi) is 7.81. The van der Waals surface area contributed by atoms with Crippen LogP contribution in [0.1, 0.15) is 90.9 Å². The summed E-state index contributed by atoms with van der Waals surface area (Å²) in [5.41, 5.74) is 1.33. The number of carbonyl (C=O) groups excluding carboxylic acids is 3. The second-order valence-corrected chi connectivity index (χ2v) is 12.0. The van der Waals surface area contributed by atoms with E-state index in [0.29, 0.717) is 24.2 Å². The van der Waals surface area contributed by atoms with E-state index in [-0.39, 0.29) is 48.4 Å². The quantitative estimate of drug-likeness (QED) is 0.393. The molecule has 4 rings (SSSR count). The third-order valence-corrected chi connectivity index (χ3v) is 9.99. The minimum Gasteiger partial charge on any atom is -0.481 e. The molecular formula is C28H39NO8. The van der Waals surface area contributed by atoms with Crippen LogP contribution in [0.15, 0.2) is 11.6 Å². The fraction of sp³-hybridized carbons (Fsp3) is 0.750. The van der Waals surface area contributed by atoms with Crippen LogP contribution in [0.3, 0.4) is 0 Å². The van der Waals surface area contributed by atoms with Crippen molar-refractivity contribution in [2.45, 2.75) is 103 Å². The maximum Gasteiger partial charge on any atom is 0.326 e. The molecule has 3 fully saturated rings. The van der Waals surface area contributed by atoms with Crippen LogP contribution in [0.25, 0.3) is 0 Å². The molecule has 0 aromatic rings. The molecule has 0 unspecified atom stereocenters. The molecule has 37 heavy (non-hydrogen) atoms. The highest BCUT2D eigenvalue weighted by Crippen LogP contribution is 2.65. The number of esters is 1. The third-order valence-electron chi connectivity index (χ3n) is 9.99. The fourth-order valence-corrected chi connectivity index (χ4v) is 7.93. The summed E-state index contributed by atoms with van der Waals surface area (Å²) < 4.78 is 5.92. The lowest BCUT2D eigenvalue weighted by Gasteiger charge is -2.57. The molecule has 0 saturated heterocycles. The number of carboxylic acids is 2. The van der Waals surface area contributed by atoms with E-state index in [1.807, 2.05) is 6.08 Å². The Morgan fingerprint density at radius 3 is 2.46 bits per heavy atom. The summed E-state index contributed by atoms with van der Waals surface area (Å²) in [6, 6.07) is -1.31. The summed E-state index contributed by atoms with van der Waals surface area (Å²) in [7, 11) is 0. The van der Waals surface area contributed by atoms with Crippen molar-refractivity contribution in [3.05, 3.63) is 11.6 Å². The second-order valence-electron chi connectivity index (χ2n) is 12.0. The van der Waals surface area contributed by atoms with Gasteiger partial charge in [-0.2, -0.15) is 0 Å². The molecule has 3 saturated carbocycles. The van der Waals surface area contributed by atoms with Crippen molar-refractivity contribution in [1.29, 1.82) is 0 Å². The van der Waals surface area contributed by atoms with E-state index in [0.717, 1.165) is 44.9 Å². The highest BCUT2D eigenvalue weighted by atomic mass is 16.5. The van der Waals surface area contributed by atoms with E-state index < -0.39 is 29.9 Å². The number of aliphatic carboxylic acids is 2. The molecule has 0 radical (unpaired) electrons. The first-order valence-corrected chi connectivity index (χ1v) is 13.6. The lowest BCUT2D eigenvalue weighted by atomic mass is 9.47. The van der Waals surface area contributed by atoms with Gasteiger partial charge < -0.3 is 20.3 Å². The van der Waals surface area contributed by atoms with Gasteiger partial charge in [-0.05, 0) is 80.6 Å². The number of hydrogen-bond acceptors (Lipinski definition) is 6. The lowest BCUT2D eigenvalue weighted by molar-refractivity contribution is -0.160. The summed E-state index contributed by atoms with van der Waals surface area (Å²) in [5.74, 6) is -1.70. The minimum absolute atomic E-state index is 0.0958. The monoisotopic (exact) mass is 517 g/mol. The van der Waals surface area contributed by atoms with Gasteiger partial charge in [-0.15, -0.1) is 0 Å². The molecule has 4 aliphatic rings. The van der Waals surface area contributed by atoms with Crippen LogP contribution in [0.2, 0.25) is 0 Å². The topological polar surface area (TPSA) is 147 Å². The first-order valence-electron chi connectivity index (χ1n) is 13.6. The maximum absolute atomic E-state index is 12.7. The lowest BCUT2D eigenvalue weighted by Crippen LogP contribution is -2.51. The highest BCUT2D eigenvalue weighted by Gasteiger charge is 2.59. The average Bonchev–Trinajstić information content (AvgIpc) is 3.16. The summed E-state index contributed by atoms with van der Waals surface area (Å²) in [4.78, 5) is 58.9. The van der Waals surface area contributed by atoms with Crippen molar-refractivity contribution in [2.24, 2.45) is 28.6 Å². The highest BCUT2D eigenvalue weighted by molar-refractivity contribution is 5.91. The van der Waals surface area contributed by atoms with E-state index in [1.165, 1.54) is 5.57 Å². The van der Waals surface area contributed by atoms with Crippen molar-refractivity contribution in [1.82, 2.24) is 5.32 Å². The first kappa shape index (κ1) is 27.3. The molecule has 0 bridgehead atoms. The predicted molar refractivity (Wildman–Crippen MR) is 132 cm³/mol. The zero-order valence-corrected chi connectivity index (χ0v) is 21.8. The van der Waals surface area contributed by atoms with Crippen LogP contribution in [-0.2, 0) is 28.7 Å². The molecule has 0 aliphatic heterocycles. The molecule has 204 valence electrons. The normalized spacial score (nSPS) is 35.3. The number of ketones is 1. The number of hydrogen-bond donors (Lipinski definition) is 3. The van der Waals surface area contributed by atoms with Gasteiger partial charge in [0, 0.05) is 24.7 Å². The standard InChI is InChI=1S/C28H39NO8/c1-27-13-11-17(30)15-16(27)3-4-18-19-5-7-22(28(19,2)14-12-20(18)27)37-25(34)10-8-23(31)29-21(26(35)36)6-9-24(32)33/h15,18-22H,3-14H2,1-2H3,(H,29,31)(H,32,33)(H,35,36)/t18-,19+,20+,21+,22+,27+,28+/m1/s1. The van der Waals surface area contributed by atoms with Crippen LogP contribution in [0, 0.1) is 28.6 Å². The van der Waals surface area contributed by atoms with E-state index in [2.05, 4.69) is 19.2 Å². The Bertz CT molecular complexity index is 1000. The Morgan fingerprint density at radius 2 is 1.76 bits per heavy atom. The molecule has 4 aliphatic carbocycles. The van der Waals surface area contributed by atoms with E-state index in [9.17, 15) is 29.1 Å². The van der Waals surface area contributed by atoms with Crippen LogP contribution >= 0.6 is 0 Å². The number of carboxylic acid groups (broad SMARTS) is 2. The molecule has 1 amide bonds. The van der Waals surface area contributed by atoms with Gasteiger partial charge in [0.1, 0.15) is 12.1 Å². The van der Waals surface area contributed by atoms with Gasteiger partial charge in [0.15, 0.2) is 5.78 Å². The smallest absolute Gasteiger partial charge is 0.326 e. The summed E-state index contributed by atoms with van der Waals surface area (Å²) >= 11 is 0. The molecule has 0 aromatic heterocycles. The van der Waals surface area contributed by atoms with Gasteiger partial charge in [0.25, 0.3) is 0 Å². The zero-order valence-electron chi connectivity index (χ0n) is 21.8. The number of rotatable bonds is 9. The molecule has 9 heteroatoms. The molecule has 0 aromatic carbocycles. The Hall–Kier alpha value is -2.71. The molecule has 0 spiro atoms. The largest absolute Gasteiger partial charge is 0.481 e. The Balaban J connectivity index is 1.31. The number of carbonyl (C=O) groups is 5. The van der Waals surface area contributed by atoms with Crippen molar-refractivity contribution in [2.75, 3.05) is 0 Å². The summed E-state index contributed by atoms with van der Waals surface area (Å²) in [6.07, 6.45) is 8.20. The van der Waals surface area contributed by atoms with Crippen molar-refractivity contribution in [3.63, 3.8) is 0 Å². The van der Waals surface area contributed by atoms with Gasteiger partial charge >= 0.3 is 17.9 Å². The fourth-order valence-electron chi connectivity index (χ4n) is 7.93. The zero-order chi connectivity index (χ0) is 27.0. The van der Waals surface area contributed by atoms with Gasteiger partial charge in [0.05, 0.1) is 6.42 Å². The molecular weight excluding hydrogens is 478 g/mol. The second kappa shape index (κ2) is 10.6. The van der Waals surface area contributed by atoms with Gasteiger partial charge in [-0.3, -0.25) is 19.2 Å². The maximum atomic E-state index is 12.7. The van der Waals surface area contributed by atoms with Crippen LogP contribution in [0.4, 0.5) is 0 Å². The van der Waals surface area contributed by atoms with Gasteiger partial charge in [0.2, 0.25) is 5.91 Å². The number of fused-ring (bicyclic) bond motifs is 5. The summed E-state index contributed by atoms with van der Waals surface area (Å²) in [6.45, 7) is 4.59. The number of allylic oxidation sites excluding steroid dienone is 1. The Labute approximate surface area is 217 Å². The molecule has 7 atom stereocenters.